The Hall–Kier alpha value is -4.13. The fourth-order valence-corrected chi connectivity index (χ4v) is 4.76. The van der Waals surface area contributed by atoms with Crippen LogP contribution >= 0.6 is 0 Å². The quantitative estimate of drug-likeness (QED) is 0.336. The minimum atomic E-state index is -0.919. The summed E-state index contributed by atoms with van der Waals surface area (Å²) in [6.45, 7) is 1.41. The van der Waals surface area contributed by atoms with Crippen LogP contribution in [-0.2, 0) is 27.2 Å². The highest BCUT2D eigenvalue weighted by Gasteiger charge is 2.48. The molecule has 1 fully saturated rings. The van der Waals surface area contributed by atoms with Crippen molar-refractivity contribution in [2.75, 3.05) is 10.2 Å². The number of hydrogen-bond acceptors (Lipinski definition) is 5. The first-order valence-electron chi connectivity index (χ1n) is 11.3. The molecule has 2 N–H and O–H groups in total. The molecule has 34 heavy (non-hydrogen) atoms. The van der Waals surface area contributed by atoms with E-state index in [1.165, 1.54) is 23.7 Å². The minimum Gasteiger partial charge on any atom is -0.507 e. The molecule has 1 saturated heterocycles. The van der Waals surface area contributed by atoms with Crippen molar-refractivity contribution >= 4 is 34.7 Å². The molecule has 5 rings (SSSR count). The fourth-order valence-electron chi connectivity index (χ4n) is 4.76. The molecular formula is C27H24N2O5. The zero-order valence-corrected chi connectivity index (χ0v) is 18.7. The van der Waals surface area contributed by atoms with Gasteiger partial charge in [-0.25, -0.2) is 0 Å². The lowest BCUT2D eigenvalue weighted by molar-refractivity contribution is -0.132. The molecule has 2 heterocycles. The number of furan rings is 1. The molecule has 0 bridgehead atoms. The number of Topliss-reactive ketones (excluding diaryl/α,β-unsaturated/α-hetero) is 1. The molecule has 1 unspecified atom stereocenters. The maximum absolute atomic E-state index is 13.2. The Morgan fingerprint density at radius 3 is 2.44 bits per heavy atom. The number of amides is 2. The van der Waals surface area contributed by atoms with Gasteiger partial charge in [0.2, 0.25) is 5.91 Å². The topological polar surface area (TPSA) is 99.9 Å². The van der Waals surface area contributed by atoms with Crippen LogP contribution in [0.25, 0.3) is 5.76 Å². The molecule has 1 aliphatic heterocycles. The number of rotatable bonds is 4. The Labute approximate surface area is 196 Å². The Balaban J connectivity index is 1.61. The number of carbonyl (C=O) groups excluding carboxylic acids is 3. The lowest BCUT2D eigenvalue weighted by Gasteiger charge is -2.23. The van der Waals surface area contributed by atoms with E-state index in [1.807, 2.05) is 12.1 Å². The van der Waals surface area contributed by atoms with Crippen molar-refractivity contribution in [3.63, 3.8) is 0 Å². The number of anilines is 2. The summed E-state index contributed by atoms with van der Waals surface area (Å²) in [6.07, 6.45) is 5.62. The van der Waals surface area contributed by atoms with Crippen LogP contribution in [-0.4, -0.2) is 22.7 Å². The number of ketones is 1. The van der Waals surface area contributed by atoms with Crippen LogP contribution in [0.5, 0.6) is 0 Å². The van der Waals surface area contributed by atoms with E-state index >= 15 is 0 Å². The number of hydrogen-bond donors (Lipinski definition) is 2. The van der Waals surface area contributed by atoms with Gasteiger partial charge in [0, 0.05) is 23.9 Å². The molecule has 1 aliphatic carbocycles. The Morgan fingerprint density at radius 2 is 1.76 bits per heavy atom. The largest absolute Gasteiger partial charge is 0.507 e. The second-order valence-electron chi connectivity index (χ2n) is 8.60. The van der Waals surface area contributed by atoms with Crippen LogP contribution < -0.4 is 10.2 Å². The van der Waals surface area contributed by atoms with E-state index in [1.54, 1.807) is 42.5 Å². The predicted molar refractivity (Wildman–Crippen MR) is 127 cm³/mol. The molecule has 2 aromatic carbocycles. The summed E-state index contributed by atoms with van der Waals surface area (Å²) >= 11 is 0. The number of aliphatic hydroxyl groups is 1. The van der Waals surface area contributed by atoms with Crippen LogP contribution in [0.2, 0.25) is 0 Å². The summed E-state index contributed by atoms with van der Waals surface area (Å²) in [6, 6.07) is 14.7. The van der Waals surface area contributed by atoms with E-state index in [-0.39, 0.29) is 17.2 Å². The molecule has 7 heteroatoms. The zero-order valence-electron chi connectivity index (χ0n) is 18.7. The van der Waals surface area contributed by atoms with Crippen LogP contribution in [0.15, 0.2) is 70.9 Å². The first-order valence-corrected chi connectivity index (χ1v) is 11.3. The van der Waals surface area contributed by atoms with Gasteiger partial charge in [0.05, 0.1) is 11.8 Å². The first-order chi connectivity index (χ1) is 16.4. The average Bonchev–Trinajstić information content (AvgIpc) is 3.45. The molecule has 0 radical (unpaired) electrons. The standard InChI is InChI=1S/C27H24N2O5/c1-16(30)28-20-10-12-21(13-11-20)29-24(22-7-4-14-34-22)23(26(32)27(29)33)25(31)19-9-8-17-5-2-3-6-18(17)15-19/h4,7-15,24,31H,2-3,5-6H2,1H3,(H,28,30)/b25-23-. The third kappa shape index (κ3) is 3.79. The third-order valence-corrected chi connectivity index (χ3v) is 6.34. The summed E-state index contributed by atoms with van der Waals surface area (Å²) in [5.74, 6) is -1.60. The molecule has 1 aromatic heterocycles. The summed E-state index contributed by atoms with van der Waals surface area (Å²) in [7, 11) is 0. The second kappa shape index (κ2) is 8.67. The Bertz CT molecular complexity index is 1310. The van der Waals surface area contributed by atoms with Gasteiger partial charge in [0.1, 0.15) is 17.6 Å². The van der Waals surface area contributed by atoms with Crippen molar-refractivity contribution in [1.29, 1.82) is 0 Å². The highest BCUT2D eigenvalue weighted by atomic mass is 16.3. The third-order valence-electron chi connectivity index (χ3n) is 6.34. The van der Waals surface area contributed by atoms with Crippen molar-refractivity contribution in [2.24, 2.45) is 0 Å². The van der Waals surface area contributed by atoms with Crippen LogP contribution in [0.3, 0.4) is 0 Å². The van der Waals surface area contributed by atoms with E-state index in [0.29, 0.717) is 22.7 Å². The smallest absolute Gasteiger partial charge is 0.300 e. The van der Waals surface area contributed by atoms with Crippen molar-refractivity contribution in [2.45, 2.75) is 38.6 Å². The van der Waals surface area contributed by atoms with Gasteiger partial charge in [-0.3, -0.25) is 19.3 Å². The van der Waals surface area contributed by atoms with E-state index < -0.39 is 17.7 Å². The number of carbonyl (C=O) groups is 3. The molecular weight excluding hydrogens is 432 g/mol. The molecule has 3 aromatic rings. The lowest BCUT2D eigenvalue weighted by atomic mass is 9.89. The maximum atomic E-state index is 13.2. The zero-order chi connectivity index (χ0) is 23.8. The number of nitrogens with one attached hydrogen (secondary N) is 1. The van der Waals surface area contributed by atoms with Crippen molar-refractivity contribution in [3.05, 3.63) is 88.9 Å². The van der Waals surface area contributed by atoms with Crippen molar-refractivity contribution < 1.29 is 23.9 Å². The second-order valence-corrected chi connectivity index (χ2v) is 8.60. The van der Waals surface area contributed by atoms with Gasteiger partial charge in [-0.05, 0) is 79.3 Å². The number of nitrogens with zero attached hydrogens (tertiary/aromatic N) is 1. The van der Waals surface area contributed by atoms with Gasteiger partial charge in [-0.15, -0.1) is 0 Å². The van der Waals surface area contributed by atoms with Crippen molar-refractivity contribution in [3.8, 4) is 0 Å². The van der Waals surface area contributed by atoms with Gasteiger partial charge >= 0.3 is 0 Å². The molecule has 7 nitrogen and oxygen atoms in total. The Morgan fingerprint density at radius 1 is 1.03 bits per heavy atom. The van der Waals surface area contributed by atoms with Gasteiger partial charge in [0.15, 0.2) is 0 Å². The normalized spacial score (nSPS) is 19.2. The van der Waals surface area contributed by atoms with Gasteiger partial charge in [-0.1, -0.05) is 12.1 Å². The number of aliphatic hydroxyl groups excluding tert-OH is 1. The first kappa shape index (κ1) is 21.7. The summed E-state index contributed by atoms with van der Waals surface area (Å²) in [5, 5.41) is 14.0. The van der Waals surface area contributed by atoms with Crippen molar-refractivity contribution in [1.82, 2.24) is 0 Å². The van der Waals surface area contributed by atoms with Crippen LogP contribution in [0.1, 0.15) is 48.3 Å². The highest BCUT2D eigenvalue weighted by Crippen LogP contribution is 2.42. The monoisotopic (exact) mass is 456 g/mol. The van der Waals surface area contributed by atoms with Gasteiger partial charge in [0.25, 0.3) is 11.7 Å². The molecule has 172 valence electrons. The fraction of sp³-hybridized carbons (Fsp3) is 0.222. The SMILES string of the molecule is CC(=O)Nc1ccc(N2C(=O)C(=O)/C(=C(\O)c3ccc4c(c3)CCCC4)C2c2ccco2)cc1. The number of aryl methyl sites for hydroxylation is 2. The van der Waals surface area contributed by atoms with Crippen LogP contribution in [0, 0.1) is 0 Å². The molecule has 0 saturated carbocycles. The molecule has 2 aliphatic rings. The highest BCUT2D eigenvalue weighted by molar-refractivity contribution is 6.51. The average molecular weight is 456 g/mol. The maximum Gasteiger partial charge on any atom is 0.300 e. The predicted octanol–water partition coefficient (Wildman–Crippen LogP) is 4.74. The molecule has 1 atom stereocenters. The molecule has 0 spiro atoms. The van der Waals surface area contributed by atoms with Gasteiger partial charge < -0.3 is 14.8 Å². The lowest BCUT2D eigenvalue weighted by Crippen LogP contribution is -2.29. The van der Waals surface area contributed by atoms with E-state index in [0.717, 1.165) is 31.2 Å². The van der Waals surface area contributed by atoms with Gasteiger partial charge in [-0.2, -0.15) is 0 Å². The number of fused-ring (bicyclic) bond motifs is 1. The van der Waals surface area contributed by atoms with E-state index in [2.05, 4.69) is 5.32 Å². The Kier molecular flexibility index (Phi) is 5.53. The summed E-state index contributed by atoms with van der Waals surface area (Å²) < 4.78 is 5.60. The summed E-state index contributed by atoms with van der Waals surface area (Å²) in [4.78, 5) is 39.0. The van der Waals surface area contributed by atoms with Crippen LogP contribution in [0.4, 0.5) is 11.4 Å². The molecule has 2 amide bonds. The minimum absolute atomic E-state index is 0.0124. The number of benzene rings is 2. The summed E-state index contributed by atoms with van der Waals surface area (Å²) in [5.41, 5.74) is 3.93. The van der Waals surface area contributed by atoms with E-state index in [9.17, 15) is 19.5 Å². The van der Waals surface area contributed by atoms with E-state index in [4.69, 9.17) is 4.42 Å².